The van der Waals surface area contributed by atoms with Crippen LogP contribution in [0.3, 0.4) is 0 Å². The molecular weight excluding hydrogens is 336 g/mol. The van der Waals surface area contributed by atoms with E-state index < -0.39 is 17.5 Å². The Kier molecular flexibility index (Phi) is 4.71. The third-order valence-electron chi connectivity index (χ3n) is 4.25. The lowest BCUT2D eigenvalue weighted by Crippen LogP contribution is -2.31. The summed E-state index contributed by atoms with van der Waals surface area (Å²) in [6.45, 7) is 0.546. The van der Waals surface area contributed by atoms with Crippen molar-refractivity contribution in [2.75, 3.05) is 13.7 Å². The van der Waals surface area contributed by atoms with Gasteiger partial charge in [0, 0.05) is 6.54 Å². The van der Waals surface area contributed by atoms with Crippen molar-refractivity contribution in [3.63, 3.8) is 0 Å². The van der Waals surface area contributed by atoms with Crippen molar-refractivity contribution in [1.29, 1.82) is 0 Å². The molecule has 1 unspecified atom stereocenters. The summed E-state index contributed by atoms with van der Waals surface area (Å²) in [5.74, 6) is -1.80. The fourth-order valence-electron chi connectivity index (χ4n) is 3.02. The number of hydrogen-bond donors (Lipinski definition) is 0. The number of carbonyl (C=O) groups excluding carboxylic acids is 1. The molecule has 0 aliphatic carbocycles. The topological polar surface area (TPSA) is 29.5 Å². The number of rotatable bonds is 3. The molecule has 1 aliphatic heterocycles. The van der Waals surface area contributed by atoms with Crippen molar-refractivity contribution < 1.29 is 18.3 Å². The number of amides is 1. The largest absolute Gasteiger partial charge is 0.497 e. The van der Waals surface area contributed by atoms with Gasteiger partial charge in [-0.2, -0.15) is 0 Å². The molecule has 0 bridgehead atoms. The lowest BCUT2D eigenvalue weighted by atomic mass is 10.0. The normalized spacial score (nSPS) is 17.2. The number of nitrogens with zero attached hydrogens (tertiary/aromatic N) is 1. The third-order valence-corrected chi connectivity index (χ3v) is 4.57. The van der Waals surface area contributed by atoms with E-state index in [9.17, 15) is 13.6 Å². The molecule has 1 amide bonds. The van der Waals surface area contributed by atoms with Gasteiger partial charge in [-0.05, 0) is 42.7 Å². The molecule has 1 heterocycles. The molecule has 2 aromatic carbocycles. The molecule has 1 aliphatic rings. The van der Waals surface area contributed by atoms with E-state index in [1.807, 2.05) is 24.3 Å². The molecular formula is C18H16ClF2NO2. The quantitative estimate of drug-likeness (QED) is 0.756. The van der Waals surface area contributed by atoms with Crippen LogP contribution in [0.4, 0.5) is 8.78 Å². The third kappa shape index (κ3) is 3.08. The van der Waals surface area contributed by atoms with Crippen molar-refractivity contribution in [1.82, 2.24) is 4.90 Å². The van der Waals surface area contributed by atoms with E-state index in [1.54, 1.807) is 12.0 Å². The average molecular weight is 352 g/mol. The van der Waals surface area contributed by atoms with Crippen LogP contribution in [0, 0.1) is 11.6 Å². The van der Waals surface area contributed by atoms with E-state index in [2.05, 4.69) is 0 Å². The van der Waals surface area contributed by atoms with E-state index in [4.69, 9.17) is 16.3 Å². The number of halogens is 3. The molecule has 3 nitrogen and oxygen atoms in total. The highest BCUT2D eigenvalue weighted by atomic mass is 35.5. The van der Waals surface area contributed by atoms with Crippen LogP contribution in [-0.2, 0) is 0 Å². The molecule has 126 valence electrons. The minimum absolute atomic E-state index is 0.0176. The number of hydrogen-bond acceptors (Lipinski definition) is 2. The first kappa shape index (κ1) is 16.7. The van der Waals surface area contributed by atoms with E-state index in [1.165, 1.54) is 0 Å². The van der Waals surface area contributed by atoms with Crippen molar-refractivity contribution >= 4 is 17.5 Å². The van der Waals surface area contributed by atoms with E-state index >= 15 is 0 Å². The zero-order chi connectivity index (χ0) is 17.3. The van der Waals surface area contributed by atoms with Gasteiger partial charge < -0.3 is 9.64 Å². The molecule has 24 heavy (non-hydrogen) atoms. The summed E-state index contributed by atoms with van der Waals surface area (Å²) >= 11 is 5.94. The summed E-state index contributed by atoms with van der Waals surface area (Å²) in [7, 11) is 1.59. The molecule has 0 radical (unpaired) electrons. The van der Waals surface area contributed by atoms with E-state index in [0.717, 1.165) is 36.3 Å². The Labute approximate surface area is 143 Å². The molecule has 0 N–H and O–H groups in total. The van der Waals surface area contributed by atoms with Gasteiger partial charge in [-0.3, -0.25) is 4.79 Å². The molecule has 1 fully saturated rings. The first-order chi connectivity index (χ1) is 11.5. The number of benzene rings is 2. The first-order valence-corrected chi connectivity index (χ1v) is 7.98. The predicted molar refractivity (Wildman–Crippen MR) is 87.4 cm³/mol. The number of ether oxygens (including phenoxy) is 1. The van der Waals surface area contributed by atoms with Crippen molar-refractivity contribution in [2.24, 2.45) is 0 Å². The van der Waals surface area contributed by atoms with E-state index in [0.29, 0.717) is 6.54 Å². The highest BCUT2D eigenvalue weighted by Gasteiger charge is 2.32. The molecule has 1 atom stereocenters. The van der Waals surface area contributed by atoms with Gasteiger partial charge in [0.15, 0.2) is 11.6 Å². The van der Waals surface area contributed by atoms with Crippen molar-refractivity contribution in [3.05, 3.63) is 64.2 Å². The Bertz CT molecular complexity index is 764. The Morgan fingerprint density at radius 2 is 1.88 bits per heavy atom. The zero-order valence-corrected chi connectivity index (χ0v) is 13.8. The standard InChI is InChI=1S/C18H16ClF2NO2/c1-24-12-6-4-11(5-7-12)17-3-2-8-22(17)18(23)13-9-15(20)16(21)10-14(13)19/h4-7,9-10,17H,2-3,8H2,1H3. The number of methoxy groups -OCH3 is 1. The van der Waals surface area contributed by atoms with Gasteiger partial charge in [0.25, 0.3) is 5.91 Å². The molecule has 6 heteroatoms. The second-order valence-corrected chi connectivity index (χ2v) is 6.08. The monoisotopic (exact) mass is 351 g/mol. The molecule has 0 spiro atoms. The Morgan fingerprint density at radius 1 is 1.21 bits per heavy atom. The van der Waals surface area contributed by atoms with Gasteiger partial charge >= 0.3 is 0 Å². The maximum Gasteiger partial charge on any atom is 0.255 e. The van der Waals surface area contributed by atoms with Gasteiger partial charge in [-0.15, -0.1) is 0 Å². The van der Waals surface area contributed by atoms with Gasteiger partial charge in [0.05, 0.1) is 23.7 Å². The summed E-state index contributed by atoms with van der Waals surface area (Å²) in [5, 5.41) is -0.0840. The van der Waals surface area contributed by atoms with Crippen LogP contribution in [0.2, 0.25) is 5.02 Å². The van der Waals surface area contributed by atoms with Gasteiger partial charge in [-0.25, -0.2) is 8.78 Å². The fourth-order valence-corrected chi connectivity index (χ4v) is 3.25. The molecule has 0 aromatic heterocycles. The predicted octanol–water partition coefficient (Wildman–Crippen LogP) is 4.60. The lowest BCUT2D eigenvalue weighted by Gasteiger charge is -2.25. The van der Waals surface area contributed by atoms with Crippen LogP contribution in [-0.4, -0.2) is 24.5 Å². The van der Waals surface area contributed by atoms with Gasteiger partial charge in [-0.1, -0.05) is 23.7 Å². The van der Waals surface area contributed by atoms with Crippen LogP contribution in [0.25, 0.3) is 0 Å². The summed E-state index contributed by atoms with van der Waals surface area (Å²) in [5.41, 5.74) is 0.955. The van der Waals surface area contributed by atoms with Crippen LogP contribution < -0.4 is 4.74 Å². The summed E-state index contributed by atoms with van der Waals surface area (Å²) in [4.78, 5) is 14.4. The maximum atomic E-state index is 13.5. The van der Waals surface area contributed by atoms with E-state index in [-0.39, 0.29) is 16.6 Å². The smallest absolute Gasteiger partial charge is 0.255 e. The molecule has 2 aromatic rings. The number of carbonyl (C=O) groups is 1. The van der Waals surface area contributed by atoms with Gasteiger partial charge in [0.1, 0.15) is 5.75 Å². The van der Waals surface area contributed by atoms with Crippen molar-refractivity contribution in [2.45, 2.75) is 18.9 Å². The van der Waals surface area contributed by atoms with Crippen LogP contribution >= 0.6 is 11.6 Å². The SMILES string of the molecule is COc1ccc(C2CCCN2C(=O)c2cc(F)c(F)cc2Cl)cc1. The highest BCUT2D eigenvalue weighted by molar-refractivity contribution is 6.33. The van der Waals surface area contributed by atoms with Gasteiger partial charge in [0.2, 0.25) is 0 Å². The highest BCUT2D eigenvalue weighted by Crippen LogP contribution is 2.35. The summed E-state index contributed by atoms with van der Waals surface area (Å²) < 4.78 is 31.8. The number of likely N-dealkylation sites (tertiary alicyclic amines) is 1. The second kappa shape index (κ2) is 6.77. The fraction of sp³-hybridized carbons (Fsp3) is 0.278. The zero-order valence-electron chi connectivity index (χ0n) is 13.1. The minimum Gasteiger partial charge on any atom is -0.497 e. The molecule has 1 saturated heterocycles. The van der Waals surface area contributed by atoms with Crippen molar-refractivity contribution in [3.8, 4) is 5.75 Å². The van der Waals surface area contributed by atoms with Crippen LogP contribution in [0.1, 0.15) is 34.8 Å². The first-order valence-electron chi connectivity index (χ1n) is 7.60. The molecule has 3 rings (SSSR count). The summed E-state index contributed by atoms with van der Waals surface area (Å²) in [6.07, 6.45) is 1.64. The minimum atomic E-state index is -1.08. The van der Waals surface area contributed by atoms with Crippen LogP contribution in [0.5, 0.6) is 5.75 Å². The lowest BCUT2D eigenvalue weighted by molar-refractivity contribution is 0.0735. The summed E-state index contributed by atoms with van der Waals surface area (Å²) in [6, 6.07) is 9.06. The second-order valence-electron chi connectivity index (χ2n) is 5.68. The molecule has 0 saturated carbocycles. The Balaban J connectivity index is 1.89. The average Bonchev–Trinajstić information content (AvgIpc) is 3.07. The Morgan fingerprint density at radius 3 is 2.54 bits per heavy atom. The Hall–Kier alpha value is -2.14. The van der Waals surface area contributed by atoms with Crippen LogP contribution in [0.15, 0.2) is 36.4 Å². The maximum absolute atomic E-state index is 13.5.